The molecule has 32 heavy (non-hydrogen) atoms. The number of ketones is 1. The molecular formula is C25H37N3O3S. The zero-order chi connectivity index (χ0) is 24.1. The predicted molar refractivity (Wildman–Crippen MR) is 135 cm³/mol. The number of aliphatic carboxylic acids is 1. The minimum atomic E-state index is -0.955. The molecule has 0 saturated carbocycles. The average molecular weight is 460 g/mol. The monoisotopic (exact) mass is 459 g/mol. The van der Waals surface area contributed by atoms with Gasteiger partial charge in [0.2, 0.25) is 5.95 Å². The number of thioether (sulfide) groups is 1. The zero-order valence-electron chi connectivity index (χ0n) is 20.2. The molecule has 2 N–H and O–H groups in total. The lowest BCUT2D eigenvalue weighted by Crippen LogP contribution is -2.32. The normalized spacial score (nSPS) is 12.9. The molecule has 176 valence electrons. The summed E-state index contributed by atoms with van der Waals surface area (Å²) < 4.78 is 0. The van der Waals surface area contributed by atoms with Gasteiger partial charge in [-0.15, -0.1) is 0 Å². The number of carbonyl (C=O) groups is 2. The van der Waals surface area contributed by atoms with Gasteiger partial charge in [0.1, 0.15) is 6.04 Å². The van der Waals surface area contributed by atoms with Crippen LogP contribution in [0.1, 0.15) is 76.4 Å². The van der Waals surface area contributed by atoms with Crippen molar-refractivity contribution in [1.29, 1.82) is 0 Å². The van der Waals surface area contributed by atoms with Crippen LogP contribution >= 0.6 is 11.8 Å². The third-order valence-electron chi connectivity index (χ3n) is 4.92. The van der Waals surface area contributed by atoms with Gasteiger partial charge in [0.05, 0.1) is 11.3 Å². The molecule has 0 spiro atoms. The fourth-order valence-electron chi connectivity index (χ4n) is 2.94. The first-order valence-corrected chi connectivity index (χ1v) is 12.1. The van der Waals surface area contributed by atoms with Crippen molar-refractivity contribution >= 4 is 29.5 Å². The van der Waals surface area contributed by atoms with E-state index in [2.05, 4.69) is 61.2 Å². The molecule has 6 nitrogen and oxygen atoms in total. The van der Waals surface area contributed by atoms with Crippen LogP contribution in [0.5, 0.6) is 0 Å². The first kappa shape index (κ1) is 27.6. The van der Waals surface area contributed by atoms with Gasteiger partial charge in [0.15, 0.2) is 5.78 Å². The third-order valence-corrected chi connectivity index (χ3v) is 5.89. The number of Topliss-reactive ketones (excluding diaryl/α,β-unsaturated/α-hetero) is 1. The topological polar surface area (TPSA) is 92.2 Å². The lowest BCUT2D eigenvalue weighted by Gasteiger charge is -2.14. The number of carboxylic acid groups (broad SMARTS) is 1. The van der Waals surface area contributed by atoms with E-state index in [-0.39, 0.29) is 11.7 Å². The number of anilines is 1. The predicted octanol–water partition coefficient (Wildman–Crippen LogP) is 6.01. The van der Waals surface area contributed by atoms with E-state index in [0.29, 0.717) is 17.0 Å². The van der Waals surface area contributed by atoms with Gasteiger partial charge in [-0.3, -0.25) is 4.79 Å². The molecule has 0 fully saturated rings. The second-order valence-electron chi connectivity index (χ2n) is 8.28. The van der Waals surface area contributed by atoms with Crippen LogP contribution in [0.2, 0.25) is 0 Å². The summed E-state index contributed by atoms with van der Waals surface area (Å²) in [4.78, 5) is 31.4. The molecule has 1 rings (SSSR count). The summed E-state index contributed by atoms with van der Waals surface area (Å²) in [5.41, 5.74) is 5.07. The van der Waals surface area contributed by atoms with Gasteiger partial charge in [0, 0.05) is 17.7 Å². The molecule has 1 aromatic rings. The van der Waals surface area contributed by atoms with Crippen LogP contribution in [0.4, 0.5) is 5.95 Å². The molecule has 7 heteroatoms. The van der Waals surface area contributed by atoms with E-state index in [1.165, 1.54) is 29.8 Å². The molecule has 0 aliphatic rings. The number of aromatic nitrogens is 2. The lowest BCUT2D eigenvalue weighted by atomic mass is 10.1. The van der Waals surface area contributed by atoms with Crippen molar-refractivity contribution in [3.05, 3.63) is 52.4 Å². The summed E-state index contributed by atoms with van der Waals surface area (Å²) in [5.74, 6) is 0.294. The van der Waals surface area contributed by atoms with Gasteiger partial charge in [-0.25, -0.2) is 14.8 Å². The lowest BCUT2D eigenvalue weighted by molar-refractivity contribution is -0.137. The van der Waals surface area contributed by atoms with Crippen LogP contribution in [-0.4, -0.2) is 44.4 Å². The molecule has 0 radical (unpaired) electrons. The van der Waals surface area contributed by atoms with Crippen LogP contribution in [-0.2, 0) is 4.79 Å². The van der Waals surface area contributed by atoms with Gasteiger partial charge in [-0.2, -0.15) is 11.8 Å². The number of nitrogens with zero attached hydrogens (tertiary/aromatic N) is 2. The Labute approximate surface area is 196 Å². The van der Waals surface area contributed by atoms with E-state index in [1.807, 2.05) is 0 Å². The van der Waals surface area contributed by atoms with Gasteiger partial charge in [-0.05, 0) is 67.2 Å². The summed E-state index contributed by atoms with van der Waals surface area (Å²) >= 11 is 1.55. The van der Waals surface area contributed by atoms with E-state index in [9.17, 15) is 14.7 Å². The first-order chi connectivity index (χ1) is 15.1. The summed E-state index contributed by atoms with van der Waals surface area (Å²) in [5, 5.41) is 12.4. The maximum absolute atomic E-state index is 11.6. The largest absolute Gasteiger partial charge is 0.480 e. The van der Waals surface area contributed by atoms with E-state index >= 15 is 0 Å². The molecule has 0 unspecified atom stereocenters. The minimum Gasteiger partial charge on any atom is -0.480 e. The number of carboxylic acids is 1. The maximum Gasteiger partial charge on any atom is 0.327 e. The Kier molecular flexibility index (Phi) is 12.6. The Hall–Kier alpha value is -2.41. The van der Waals surface area contributed by atoms with E-state index in [0.717, 1.165) is 31.4 Å². The maximum atomic E-state index is 11.6. The number of nitrogens with one attached hydrogen (secondary N) is 1. The molecule has 1 heterocycles. The van der Waals surface area contributed by atoms with Crippen LogP contribution in [0.25, 0.3) is 0 Å². The SMILES string of the molecule is CC(=O)c1cnc(N[C@@H](CSC/C=C(\C)CC/C=C(\C)CCC=C(C)C)C(=O)O)nc1C. The van der Waals surface area contributed by atoms with Crippen LogP contribution in [0.15, 0.2) is 41.1 Å². The van der Waals surface area contributed by atoms with Gasteiger partial charge in [0.25, 0.3) is 0 Å². The Morgan fingerprint density at radius 1 is 1.06 bits per heavy atom. The summed E-state index contributed by atoms with van der Waals surface area (Å²) in [7, 11) is 0. The van der Waals surface area contributed by atoms with E-state index < -0.39 is 12.0 Å². The van der Waals surface area contributed by atoms with Gasteiger partial charge in [-0.1, -0.05) is 34.9 Å². The molecule has 0 bridgehead atoms. The van der Waals surface area contributed by atoms with Crippen molar-refractivity contribution in [2.45, 2.75) is 73.3 Å². The average Bonchev–Trinajstić information content (AvgIpc) is 2.69. The van der Waals surface area contributed by atoms with Crippen molar-refractivity contribution in [1.82, 2.24) is 9.97 Å². The molecule has 0 amide bonds. The second kappa shape index (κ2) is 14.6. The molecule has 0 aliphatic carbocycles. The number of hydrogen-bond acceptors (Lipinski definition) is 6. The van der Waals surface area contributed by atoms with E-state index in [1.54, 1.807) is 18.7 Å². The van der Waals surface area contributed by atoms with Crippen LogP contribution in [0, 0.1) is 6.92 Å². The molecule has 0 aliphatic heterocycles. The zero-order valence-corrected chi connectivity index (χ0v) is 21.0. The van der Waals surface area contributed by atoms with Gasteiger partial charge >= 0.3 is 5.97 Å². The van der Waals surface area contributed by atoms with Crippen molar-refractivity contribution in [3.63, 3.8) is 0 Å². The van der Waals surface area contributed by atoms with E-state index in [4.69, 9.17) is 0 Å². The fraction of sp³-hybridized carbons (Fsp3) is 0.520. The third kappa shape index (κ3) is 11.3. The molecular weight excluding hydrogens is 422 g/mol. The van der Waals surface area contributed by atoms with Crippen molar-refractivity contribution in [2.24, 2.45) is 0 Å². The van der Waals surface area contributed by atoms with Crippen molar-refractivity contribution in [2.75, 3.05) is 16.8 Å². The summed E-state index contributed by atoms with van der Waals surface area (Å²) in [6.07, 6.45) is 12.4. The van der Waals surface area contributed by atoms with Gasteiger partial charge < -0.3 is 10.4 Å². The quantitative estimate of drug-likeness (QED) is 0.200. The Bertz CT molecular complexity index is 871. The number of aryl methyl sites for hydroxylation is 1. The number of hydrogen-bond donors (Lipinski definition) is 2. The summed E-state index contributed by atoms with van der Waals surface area (Å²) in [6, 6.07) is -0.803. The molecule has 1 aromatic heterocycles. The number of rotatable bonds is 14. The second-order valence-corrected chi connectivity index (χ2v) is 9.36. The highest BCUT2D eigenvalue weighted by Gasteiger charge is 2.19. The number of carbonyl (C=O) groups excluding carboxylic acids is 1. The Balaban J connectivity index is 2.45. The minimum absolute atomic E-state index is 0.115. The Morgan fingerprint density at radius 2 is 1.69 bits per heavy atom. The van der Waals surface area contributed by atoms with Crippen molar-refractivity contribution < 1.29 is 14.7 Å². The highest BCUT2D eigenvalue weighted by atomic mass is 32.2. The van der Waals surface area contributed by atoms with Crippen molar-refractivity contribution in [3.8, 4) is 0 Å². The standard InChI is InChI=1S/C25H37N3O3S/c1-17(2)9-7-10-18(3)11-8-12-19(4)13-14-32-16-23(24(30)31)28-25-26-15-22(21(6)29)20(5)27-25/h9,11,13,15,23H,7-8,10,12,14,16H2,1-6H3,(H,30,31)(H,26,27,28)/b18-11+,19-13+/t23-/m0/s1. The highest BCUT2D eigenvalue weighted by Crippen LogP contribution is 2.14. The number of allylic oxidation sites excluding steroid dienone is 5. The molecule has 0 aromatic carbocycles. The van der Waals surface area contributed by atoms with Crippen LogP contribution < -0.4 is 5.32 Å². The summed E-state index contributed by atoms with van der Waals surface area (Å²) in [6.45, 7) is 11.7. The highest BCUT2D eigenvalue weighted by molar-refractivity contribution is 7.99. The van der Waals surface area contributed by atoms with Crippen LogP contribution in [0.3, 0.4) is 0 Å². The molecule has 1 atom stereocenters. The first-order valence-electron chi connectivity index (χ1n) is 11.0. The fourth-order valence-corrected chi connectivity index (χ4v) is 3.94. The smallest absolute Gasteiger partial charge is 0.327 e. The Morgan fingerprint density at radius 3 is 2.25 bits per heavy atom. The molecule has 0 saturated heterocycles.